The summed E-state index contributed by atoms with van der Waals surface area (Å²) in [5, 5.41) is 32.3. The van der Waals surface area contributed by atoms with Gasteiger partial charge in [-0.25, -0.2) is 0 Å². The van der Waals surface area contributed by atoms with E-state index < -0.39 is 0 Å². The van der Waals surface area contributed by atoms with Gasteiger partial charge in [-0.1, -0.05) is 40.5 Å². The van der Waals surface area contributed by atoms with Gasteiger partial charge >= 0.3 is 0 Å². The number of fused-ring (bicyclic) bond motifs is 5. The summed E-state index contributed by atoms with van der Waals surface area (Å²) in [6.45, 7) is 9.43. The fourth-order valence-electron chi connectivity index (χ4n) is 9.03. The van der Waals surface area contributed by atoms with Crippen LogP contribution in [0.5, 0.6) is 0 Å². The number of aliphatic hydroxyl groups is 3. The molecule has 0 radical (unpaired) electrons. The summed E-state index contributed by atoms with van der Waals surface area (Å²) in [6, 6.07) is 0. The first-order chi connectivity index (χ1) is 14.6. The molecule has 0 saturated heterocycles. The van der Waals surface area contributed by atoms with Crippen molar-refractivity contribution in [3.8, 4) is 0 Å². The van der Waals surface area contributed by atoms with Crippen LogP contribution >= 0.6 is 0 Å². The highest BCUT2D eigenvalue weighted by atomic mass is 16.3. The van der Waals surface area contributed by atoms with E-state index in [-0.39, 0.29) is 41.5 Å². The monoisotopic (exact) mass is 434 g/mol. The Balaban J connectivity index is 1.53. The zero-order valence-electron chi connectivity index (χ0n) is 20.2. The van der Waals surface area contributed by atoms with Gasteiger partial charge in [0.2, 0.25) is 0 Å². The number of aliphatic hydroxyl groups excluding tert-OH is 3. The summed E-state index contributed by atoms with van der Waals surface area (Å²) in [7, 11) is 0. The largest absolute Gasteiger partial charge is 0.396 e. The Morgan fingerprint density at radius 3 is 2.52 bits per heavy atom. The van der Waals surface area contributed by atoms with Gasteiger partial charge in [-0.05, 0) is 90.8 Å². The Morgan fingerprint density at radius 2 is 1.81 bits per heavy atom. The van der Waals surface area contributed by atoms with E-state index in [1.54, 1.807) is 0 Å². The van der Waals surface area contributed by atoms with Gasteiger partial charge in [0, 0.05) is 19.4 Å². The summed E-state index contributed by atoms with van der Waals surface area (Å²) in [4.78, 5) is 12.1. The molecule has 4 rings (SSSR count). The molecule has 0 unspecified atom stereocenters. The van der Waals surface area contributed by atoms with Crippen LogP contribution in [0.3, 0.4) is 0 Å². The maximum atomic E-state index is 12.1. The fourth-order valence-corrected chi connectivity index (χ4v) is 9.03. The Kier molecular flexibility index (Phi) is 6.67. The van der Waals surface area contributed by atoms with Crippen molar-refractivity contribution in [2.45, 2.75) is 104 Å². The molecule has 4 aliphatic carbocycles. The highest BCUT2D eigenvalue weighted by Crippen LogP contribution is 2.68. The minimum absolute atomic E-state index is 0.0876. The molecule has 11 atom stereocenters. The molecular weight excluding hydrogens is 388 g/mol. The molecule has 4 aliphatic rings. The van der Waals surface area contributed by atoms with Crippen molar-refractivity contribution in [2.24, 2.45) is 52.3 Å². The van der Waals surface area contributed by atoms with E-state index in [0.717, 1.165) is 51.4 Å². The van der Waals surface area contributed by atoms with Gasteiger partial charge in [0.25, 0.3) is 0 Å². The standard InChI is InChI=1S/C27H46O4/c1-16(15-28)6-5-7-17(2)20-8-9-21-25-22(14-24(31)27(20,21)4)26(3)11-10-19(29)12-18(26)13-23(25)30/h16-18,20-25,28,30-31H,5-15H2,1-4H3/t16-,17-,18+,20-,21+,22+,23-,24+,25+,26+,27-/m1/s1. The second-order valence-electron chi connectivity index (χ2n) is 12.5. The number of rotatable bonds is 6. The summed E-state index contributed by atoms with van der Waals surface area (Å²) < 4.78 is 0. The minimum Gasteiger partial charge on any atom is -0.396 e. The SMILES string of the molecule is C[C@@H](CO)CCC[C@@H](C)[C@H]1CC[C@H]2[C@@H]3[C@H](O)C[C@@H]4CC(=O)CC[C@]4(C)[C@H]3C[C@H](O)[C@]12C. The number of Topliss-reactive ketones (excluding diaryl/α,β-unsaturated/α-hetero) is 1. The van der Waals surface area contributed by atoms with Crippen LogP contribution in [0.4, 0.5) is 0 Å². The summed E-state index contributed by atoms with van der Waals surface area (Å²) in [5.41, 5.74) is -0.0257. The number of hydrogen-bond acceptors (Lipinski definition) is 4. The lowest BCUT2D eigenvalue weighted by molar-refractivity contribution is -0.201. The lowest BCUT2D eigenvalue weighted by Crippen LogP contribution is -2.62. The van der Waals surface area contributed by atoms with Crippen molar-refractivity contribution < 1.29 is 20.1 Å². The highest BCUT2D eigenvalue weighted by molar-refractivity contribution is 5.79. The van der Waals surface area contributed by atoms with E-state index in [2.05, 4.69) is 27.7 Å². The van der Waals surface area contributed by atoms with Gasteiger partial charge in [0.05, 0.1) is 12.2 Å². The lowest BCUT2D eigenvalue weighted by atomic mass is 9.43. The second-order valence-corrected chi connectivity index (χ2v) is 12.5. The van der Waals surface area contributed by atoms with Crippen molar-refractivity contribution in [1.29, 1.82) is 0 Å². The topological polar surface area (TPSA) is 77.8 Å². The minimum atomic E-state index is -0.328. The van der Waals surface area contributed by atoms with Crippen LogP contribution < -0.4 is 0 Å². The van der Waals surface area contributed by atoms with Crippen molar-refractivity contribution in [3.05, 3.63) is 0 Å². The average Bonchev–Trinajstić information content (AvgIpc) is 3.08. The molecule has 0 aromatic carbocycles. The normalized spacial score (nSPS) is 49.1. The number of carbonyl (C=O) groups is 1. The molecule has 4 saturated carbocycles. The van der Waals surface area contributed by atoms with E-state index in [4.69, 9.17) is 0 Å². The zero-order chi connectivity index (χ0) is 22.6. The van der Waals surface area contributed by atoms with Gasteiger partial charge < -0.3 is 15.3 Å². The molecular formula is C27H46O4. The first-order valence-corrected chi connectivity index (χ1v) is 13.1. The quantitative estimate of drug-likeness (QED) is 0.571. The molecule has 0 aliphatic heterocycles. The molecule has 4 heteroatoms. The molecule has 0 heterocycles. The maximum Gasteiger partial charge on any atom is 0.133 e. The zero-order valence-corrected chi connectivity index (χ0v) is 20.2. The Morgan fingerprint density at radius 1 is 1.06 bits per heavy atom. The van der Waals surface area contributed by atoms with E-state index in [0.29, 0.717) is 48.2 Å². The first kappa shape index (κ1) is 23.7. The van der Waals surface area contributed by atoms with Crippen molar-refractivity contribution in [2.75, 3.05) is 6.61 Å². The van der Waals surface area contributed by atoms with Gasteiger partial charge in [0.15, 0.2) is 0 Å². The molecule has 31 heavy (non-hydrogen) atoms. The van der Waals surface area contributed by atoms with Gasteiger partial charge in [-0.15, -0.1) is 0 Å². The molecule has 178 valence electrons. The van der Waals surface area contributed by atoms with Crippen LogP contribution in [0.15, 0.2) is 0 Å². The maximum absolute atomic E-state index is 12.1. The van der Waals surface area contributed by atoms with Crippen molar-refractivity contribution in [1.82, 2.24) is 0 Å². The predicted octanol–water partition coefficient (Wildman–Crippen LogP) is 4.59. The third kappa shape index (κ3) is 3.83. The third-order valence-electron chi connectivity index (χ3n) is 11.0. The molecule has 0 spiro atoms. The molecule has 0 aromatic heterocycles. The molecule has 0 amide bonds. The lowest BCUT2D eigenvalue weighted by Gasteiger charge is -2.63. The number of hydrogen-bond donors (Lipinski definition) is 3. The van der Waals surface area contributed by atoms with E-state index in [1.165, 1.54) is 0 Å². The predicted molar refractivity (Wildman–Crippen MR) is 122 cm³/mol. The Hall–Kier alpha value is -0.450. The smallest absolute Gasteiger partial charge is 0.133 e. The van der Waals surface area contributed by atoms with Crippen LogP contribution in [0.1, 0.15) is 91.9 Å². The van der Waals surface area contributed by atoms with Crippen LogP contribution in [-0.4, -0.2) is 39.9 Å². The van der Waals surface area contributed by atoms with Crippen molar-refractivity contribution in [3.63, 3.8) is 0 Å². The molecule has 4 nitrogen and oxygen atoms in total. The summed E-state index contributed by atoms with van der Waals surface area (Å²) >= 11 is 0. The second kappa shape index (κ2) is 8.72. The average molecular weight is 435 g/mol. The van der Waals surface area contributed by atoms with E-state index >= 15 is 0 Å². The number of carbonyl (C=O) groups excluding carboxylic acids is 1. The molecule has 0 bridgehead atoms. The fraction of sp³-hybridized carbons (Fsp3) is 0.963. The van der Waals surface area contributed by atoms with E-state index in [1.807, 2.05) is 0 Å². The first-order valence-electron chi connectivity index (χ1n) is 13.1. The number of ketones is 1. The Labute approximate surface area is 189 Å². The van der Waals surface area contributed by atoms with Gasteiger partial charge in [-0.3, -0.25) is 4.79 Å². The van der Waals surface area contributed by atoms with Crippen LogP contribution in [0.2, 0.25) is 0 Å². The van der Waals surface area contributed by atoms with Gasteiger partial charge in [0.1, 0.15) is 5.78 Å². The third-order valence-corrected chi connectivity index (χ3v) is 11.0. The van der Waals surface area contributed by atoms with E-state index in [9.17, 15) is 20.1 Å². The van der Waals surface area contributed by atoms with Crippen LogP contribution in [0, 0.1) is 52.3 Å². The summed E-state index contributed by atoms with van der Waals surface area (Å²) in [5.74, 6) is 3.07. The molecule has 4 fully saturated rings. The highest BCUT2D eigenvalue weighted by Gasteiger charge is 2.65. The molecule has 3 N–H and O–H groups in total. The summed E-state index contributed by atoms with van der Waals surface area (Å²) in [6.07, 6.45) is 8.79. The Bertz CT molecular complexity index is 664. The molecule has 0 aromatic rings. The van der Waals surface area contributed by atoms with Crippen molar-refractivity contribution >= 4 is 5.78 Å². The van der Waals surface area contributed by atoms with Crippen LogP contribution in [0.25, 0.3) is 0 Å². The van der Waals surface area contributed by atoms with Gasteiger partial charge in [-0.2, -0.15) is 0 Å². The van der Waals surface area contributed by atoms with Crippen LogP contribution in [-0.2, 0) is 4.79 Å².